The van der Waals surface area contributed by atoms with Crippen LogP contribution >= 0.6 is 11.8 Å². The first-order valence-corrected chi connectivity index (χ1v) is 6.30. The molecule has 0 radical (unpaired) electrons. The minimum absolute atomic E-state index is 0.807. The van der Waals surface area contributed by atoms with E-state index in [2.05, 4.69) is 32.5 Å². The average Bonchev–Trinajstić information content (AvgIpc) is 2.05. The van der Waals surface area contributed by atoms with Crippen LogP contribution in [0.5, 0.6) is 0 Å². The molecular weight excluding hydrogens is 164 g/mol. The van der Waals surface area contributed by atoms with Crippen LogP contribution in [0.15, 0.2) is 0 Å². The van der Waals surface area contributed by atoms with Gasteiger partial charge in [-0.25, -0.2) is 0 Å². The van der Waals surface area contributed by atoms with E-state index in [1.807, 2.05) is 0 Å². The highest BCUT2D eigenvalue weighted by Gasteiger charge is 2.20. The van der Waals surface area contributed by atoms with E-state index < -0.39 is 0 Å². The summed E-state index contributed by atoms with van der Waals surface area (Å²) < 4.78 is 0. The minimum Gasteiger partial charge on any atom is -0.156 e. The summed E-state index contributed by atoms with van der Waals surface area (Å²) in [6.07, 6.45) is 7.42. The molecule has 0 N–H and O–H groups in total. The summed E-state index contributed by atoms with van der Waals surface area (Å²) in [5.41, 5.74) is 0. The van der Waals surface area contributed by atoms with E-state index >= 15 is 0 Å². The van der Waals surface area contributed by atoms with Gasteiger partial charge in [0, 0.05) is 5.25 Å². The van der Waals surface area contributed by atoms with Gasteiger partial charge in [-0.3, -0.25) is 0 Å². The quantitative estimate of drug-likeness (QED) is 0.639. The zero-order valence-corrected chi connectivity index (χ0v) is 9.49. The highest BCUT2D eigenvalue weighted by molar-refractivity contribution is 8.00. The van der Waals surface area contributed by atoms with Gasteiger partial charge in [-0.05, 0) is 24.0 Å². The van der Waals surface area contributed by atoms with Crippen LogP contribution in [-0.2, 0) is 0 Å². The van der Waals surface area contributed by atoms with Crippen LogP contribution in [0.4, 0.5) is 0 Å². The van der Waals surface area contributed by atoms with E-state index in [0.29, 0.717) is 0 Å². The molecule has 0 nitrogen and oxygen atoms in total. The zero-order chi connectivity index (χ0) is 8.97. The maximum atomic E-state index is 2.42. The minimum atomic E-state index is 0.807. The first-order valence-electron chi connectivity index (χ1n) is 5.35. The second-order valence-electron chi connectivity index (χ2n) is 4.29. The van der Waals surface area contributed by atoms with Gasteiger partial charge in [0.1, 0.15) is 0 Å². The Hall–Kier alpha value is 0.350. The first kappa shape index (κ1) is 10.4. The van der Waals surface area contributed by atoms with E-state index in [1.165, 1.54) is 32.1 Å². The molecular formula is C11H22S. The van der Waals surface area contributed by atoms with Crippen molar-refractivity contribution in [1.82, 2.24) is 0 Å². The van der Waals surface area contributed by atoms with Gasteiger partial charge >= 0.3 is 0 Å². The van der Waals surface area contributed by atoms with Gasteiger partial charge in [-0.1, -0.05) is 40.0 Å². The summed E-state index contributed by atoms with van der Waals surface area (Å²) in [5, 5.41) is 1.70. The molecule has 1 unspecified atom stereocenters. The Morgan fingerprint density at radius 3 is 2.08 bits per heavy atom. The van der Waals surface area contributed by atoms with Gasteiger partial charge in [0.25, 0.3) is 0 Å². The largest absolute Gasteiger partial charge is 0.156 e. The van der Waals surface area contributed by atoms with E-state index in [1.54, 1.807) is 0 Å². The normalized spacial score (nSPS) is 23.0. The van der Waals surface area contributed by atoms with E-state index in [0.717, 1.165) is 16.4 Å². The summed E-state index contributed by atoms with van der Waals surface area (Å²) in [6, 6.07) is 0. The molecule has 1 aliphatic carbocycles. The lowest BCUT2D eigenvalue weighted by Gasteiger charge is -2.28. The lowest BCUT2D eigenvalue weighted by atomic mass is 9.87. The van der Waals surface area contributed by atoms with Gasteiger partial charge in [0.2, 0.25) is 0 Å². The molecule has 0 amide bonds. The fraction of sp³-hybridized carbons (Fsp3) is 1.00. The summed E-state index contributed by atoms with van der Waals surface area (Å²) in [6.45, 7) is 7.04. The molecule has 0 heterocycles. The van der Waals surface area contributed by atoms with Crippen molar-refractivity contribution in [2.45, 2.75) is 63.4 Å². The Morgan fingerprint density at radius 2 is 1.58 bits per heavy atom. The standard InChI is InChI=1S/C11H22S/c1-9(2)12-10(3)11-7-5-4-6-8-11/h9-11H,4-8H2,1-3H3. The van der Waals surface area contributed by atoms with Crippen molar-refractivity contribution in [3.63, 3.8) is 0 Å². The monoisotopic (exact) mass is 186 g/mol. The van der Waals surface area contributed by atoms with Crippen LogP contribution in [0, 0.1) is 5.92 Å². The van der Waals surface area contributed by atoms with Crippen molar-refractivity contribution >= 4 is 11.8 Å². The topological polar surface area (TPSA) is 0 Å². The molecule has 1 aliphatic rings. The van der Waals surface area contributed by atoms with Gasteiger partial charge < -0.3 is 0 Å². The lowest BCUT2D eigenvalue weighted by Crippen LogP contribution is -2.18. The van der Waals surface area contributed by atoms with Gasteiger partial charge in [-0.15, -0.1) is 0 Å². The van der Waals surface area contributed by atoms with E-state index in [4.69, 9.17) is 0 Å². The molecule has 1 atom stereocenters. The van der Waals surface area contributed by atoms with Crippen molar-refractivity contribution in [3.05, 3.63) is 0 Å². The first-order chi connectivity index (χ1) is 5.70. The Bertz CT molecular complexity index is 114. The summed E-state index contributed by atoms with van der Waals surface area (Å²) >= 11 is 2.16. The Kier molecular flexibility index (Phi) is 4.49. The summed E-state index contributed by atoms with van der Waals surface area (Å²) in [5.74, 6) is 1.02. The van der Waals surface area contributed by atoms with Crippen LogP contribution in [0.1, 0.15) is 52.9 Å². The highest BCUT2D eigenvalue weighted by Crippen LogP contribution is 2.33. The molecule has 12 heavy (non-hydrogen) atoms. The Balaban J connectivity index is 2.24. The van der Waals surface area contributed by atoms with Crippen molar-refractivity contribution in [3.8, 4) is 0 Å². The smallest absolute Gasteiger partial charge is 0.00495 e. The Morgan fingerprint density at radius 1 is 1.00 bits per heavy atom. The number of thioether (sulfide) groups is 1. The Labute approximate surface area is 81.5 Å². The van der Waals surface area contributed by atoms with Crippen LogP contribution in [0.25, 0.3) is 0 Å². The maximum absolute atomic E-state index is 2.42. The van der Waals surface area contributed by atoms with Crippen LogP contribution in [0.2, 0.25) is 0 Å². The molecule has 0 aromatic carbocycles. The summed E-state index contributed by atoms with van der Waals surface area (Å²) in [4.78, 5) is 0. The third-order valence-corrected chi connectivity index (χ3v) is 4.16. The number of hydrogen-bond donors (Lipinski definition) is 0. The van der Waals surface area contributed by atoms with E-state index in [-0.39, 0.29) is 0 Å². The number of rotatable bonds is 3. The maximum Gasteiger partial charge on any atom is 0.00495 e. The second-order valence-corrected chi connectivity index (χ2v) is 6.25. The van der Waals surface area contributed by atoms with E-state index in [9.17, 15) is 0 Å². The van der Waals surface area contributed by atoms with Gasteiger partial charge in [0.05, 0.1) is 0 Å². The molecule has 0 aromatic heterocycles. The molecule has 1 rings (SSSR count). The SMILES string of the molecule is CC(C)SC(C)C1CCCCC1. The van der Waals surface area contributed by atoms with Crippen molar-refractivity contribution in [2.75, 3.05) is 0 Å². The highest BCUT2D eigenvalue weighted by atomic mass is 32.2. The molecule has 1 heteroatoms. The second kappa shape index (κ2) is 5.16. The van der Waals surface area contributed by atoms with Crippen LogP contribution < -0.4 is 0 Å². The molecule has 1 saturated carbocycles. The molecule has 0 bridgehead atoms. The van der Waals surface area contributed by atoms with Crippen molar-refractivity contribution < 1.29 is 0 Å². The van der Waals surface area contributed by atoms with Crippen LogP contribution in [-0.4, -0.2) is 10.5 Å². The predicted octanol–water partition coefficient (Wildman–Crippen LogP) is 4.10. The van der Waals surface area contributed by atoms with Crippen molar-refractivity contribution in [2.24, 2.45) is 5.92 Å². The molecule has 1 fully saturated rings. The fourth-order valence-electron chi connectivity index (χ4n) is 2.14. The fourth-order valence-corrected chi connectivity index (χ4v) is 3.50. The number of hydrogen-bond acceptors (Lipinski definition) is 1. The third-order valence-electron chi connectivity index (χ3n) is 2.80. The molecule has 0 aromatic rings. The molecule has 72 valence electrons. The molecule has 0 aliphatic heterocycles. The van der Waals surface area contributed by atoms with Gasteiger partial charge in [0.15, 0.2) is 0 Å². The zero-order valence-electron chi connectivity index (χ0n) is 8.68. The molecule has 0 spiro atoms. The lowest BCUT2D eigenvalue weighted by molar-refractivity contribution is 0.356. The third kappa shape index (κ3) is 3.38. The van der Waals surface area contributed by atoms with Gasteiger partial charge in [-0.2, -0.15) is 11.8 Å². The summed E-state index contributed by atoms with van der Waals surface area (Å²) in [7, 11) is 0. The van der Waals surface area contributed by atoms with Crippen LogP contribution in [0.3, 0.4) is 0 Å². The average molecular weight is 186 g/mol. The molecule has 0 saturated heterocycles. The predicted molar refractivity (Wildman–Crippen MR) is 58.8 cm³/mol. The van der Waals surface area contributed by atoms with Crippen molar-refractivity contribution in [1.29, 1.82) is 0 Å².